The van der Waals surface area contributed by atoms with Crippen molar-refractivity contribution < 1.29 is 9.53 Å². The number of carbonyl (C=O) groups excluding carboxylic acids is 1. The summed E-state index contributed by atoms with van der Waals surface area (Å²) in [6.07, 6.45) is 4.44. The molecule has 0 spiro atoms. The normalized spacial score (nSPS) is 30.1. The Kier molecular flexibility index (Phi) is 5.81. The third-order valence-corrected chi connectivity index (χ3v) is 3.54. The molecule has 1 rings (SSSR count). The maximum Gasteiger partial charge on any atom is 0.320 e. The van der Waals surface area contributed by atoms with E-state index in [1.54, 1.807) is 0 Å². The zero-order valence-electron chi connectivity index (χ0n) is 10.8. The number of nitrogens with one attached hydrogen (secondary N) is 1. The van der Waals surface area contributed by atoms with Crippen molar-refractivity contribution in [1.82, 2.24) is 5.32 Å². The number of esters is 1. The van der Waals surface area contributed by atoms with Gasteiger partial charge in [0.25, 0.3) is 0 Å². The summed E-state index contributed by atoms with van der Waals surface area (Å²) in [6, 6.07) is 0. The molecule has 0 radical (unpaired) electrons. The lowest BCUT2D eigenvalue weighted by molar-refractivity contribution is -0.150. The highest BCUT2D eigenvalue weighted by Crippen LogP contribution is 2.30. The maximum atomic E-state index is 11.5. The van der Waals surface area contributed by atoms with Crippen molar-refractivity contribution in [3.63, 3.8) is 0 Å². The Labute approximate surface area is 98.9 Å². The molecule has 0 aromatic rings. The molecule has 0 heterocycles. The second-order valence-corrected chi connectivity index (χ2v) is 5.06. The van der Waals surface area contributed by atoms with E-state index in [1.807, 2.05) is 0 Å². The molecule has 3 nitrogen and oxygen atoms in total. The fraction of sp³-hybridized carbons (Fsp3) is 0.923. The highest BCUT2D eigenvalue weighted by Gasteiger charge is 2.26. The van der Waals surface area contributed by atoms with Crippen LogP contribution in [0.4, 0.5) is 0 Å². The molecule has 1 aliphatic rings. The predicted molar refractivity (Wildman–Crippen MR) is 65.2 cm³/mol. The van der Waals surface area contributed by atoms with Crippen LogP contribution in [-0.2, 0) is 9.53 Å². The summed E-state index contributed by atoms with van der Waals surface area (Å²) in [6.45, 7) is 7.86. The lowest BCUT2D eigenvalue weighted by Gasteiger charge is -2.31. The van der Waals surface area contributed by atoms with Crippen LogP contribution in [0.25, 0.3) is 0 Å². The quantitative estimate of drug-likeness (QED) is 0.579. The van der Waals surface area contributed by atoms with Crippen molar-refractivity contribution in [2.75, 3.05) is 13.1 Å². The minimum Gasteiger partial charge on any atom is -0.461 e. The first-order valence-electron chi connectivity index (χ1n) is 6.53. The monoisotopic (exact) mass is 227 g/mol. The van der Waals surface area contributed by atoms with Gasteiger partial charge in [-0.05, 0) is 44.1 Å². The first-order valence-corrected chi connectivity index (χ1v) is 6.53. The van der Waals surface area contributed by atoms with Crippen molar-refractivity contribution in [3.05, 3.63) is 0 Å². The SMILES string of the molecule is CCCNCC(=O)OC1CCC(C)C(C)C1. The molecular weight excluding hydrogens is 202 g/mol. The van der Waals surface area contributed by atoms with E-state index >= 15 is 0 Å². The number of hydrogen-bond donors (Lipinski definition) is 1. The number of hydrogen-bond acceptors (Lipinski definition) is 3. The van der Waals surface area contributed by atoms with Crippen molar-refractivity contribution in [2.24, 2.45) is 11.8 Å². The number of rotatable bonds is 5. The molecule has 0 saturated heterocycles. The van der Waals surface area contributed by atoms with Crippen LogP contribution in [0.2, 0.25) is 0 Å². The van der Waals surface area contributed by atoms with E-state index in [0.717, 1.165) is 31.7 Å². The van der Waals surface area contributed by atoms with Gasteiger partial charge in [0.05, 0.1) is 6.54 Å². The van der Waals surface area contributed by atoms with E-state index in [1.165, 1.54) is 6.42 Å². The molecular formula is C13H25NO2. The molecule has 0 amide bonds. The Morgan fingerprint density at radius 3 is 2.69 bits per heavy atom. The fourth-order valence-corrected chi connectivity index (χ4v) is 2.20. The molecule has 1 fully saturated rings. The van der Waals surface area contributed by atoms with Crippen LogP contribution in [0, 0.1) is 11.8 Å². The molecule has 1 aliphatic carbocycles. The van der Waals surface area contributed by atoms with Gasteiger partial charge < -0.3 is 10.1 Å². The van der Waals surface area contributed by atoms with Gasteiger partial charge >= 0.3 is 5.97 Å². The van der Waals surface area contributed by atoms with Crippen LogP contribution in [0.15, 0.2) is 0 Å². The van der Waals surface area contributed by atoms with Crippen molar-refractivity contribution in [2.45, 2.75) is 52.6 Å². The molecule has 0 aliphatic heterocycles. The fourth-order valence-electron chi connectivity index (χ4n) is 2.20. The van der Waals surface area contributed by atoms with E-state index in [9.17, 15) is 4.79 Å². The van der Waals surface area contributed by atoms with Gasteiger partial charge in [0.2, 0.25) is 0 Å². The first kappa shape index (κ1) is 13.5. The van der Waals surface area contributed by atoms with Crippen LogP contribution in [0.5, 0.6) is 0 Å². The zero-order chi connectivity index (χ0) is 12.0. The molecule has 1 saturated carbocycles. The van der Waals surface area contributed by atoms with Crippen LogP contribution in [0.3, 0.4) is 0 Å². The molecule has 16 heavy (non-hydrogen) atoms. The van der Waals surface area contributed by atoms with Gasteiger partial charge in [0.1, 0.15) is 6.10 Å². The average molecular weight is 227 g/mol. The number of carbonyl (C=O) groups is 1. The zero-order valence-corrected chi connectivity index (χ0v) is 10.8. The Balaban J connectivity index is 2.19. The van der Waals surface area contributed by atoms with Gasteiger partial charge in [-0.3, -0.25) is 4.79 Å². The highest BCUT2D eigenvalue weighted by atomic mass is 16.5. The van der Waals surface area contributed by atoms with Crippen LogP contribution >= 0.6 is 0 Å². The van der Waals surface area contributed by atoms with Crippen LogP contribution in [0.1, 0.15) is 46.5 Å². The molecule has 94 valence electrons. The van der Waals surface area contributed by atoms with Gasteiger partial charge in [-0.1, -0.05) is 20.8 Å². The average Bonchev–Trinajstić information content (AvgIpc) is 2.24. The van der Waals surface area contributed by atoms with Crippen molar-refractivity contribution >= 4 is 5.97 Å². The summed E-state index contributed by atoms with van der Waals surface area (Å²) in [7, 11) is 0. The smallest absolute Gasteiger partial charge is 0.320 e. The number of ether oxygens (including phenoxy) is 1. The van der Waals surface area contributed by atoms with E-state index in [4.69, 9.17) is 4.74 Å². The topological polar surface area (TPSA) is 38.3 Å². The molecule has 0 aromatic heterocycles. The van der Waals surface area contributed by atoms with Gasteiger partial charge in [-0.15, -0.1) is 0 Å². The Morgan fingerprint density at radius 2 is 2.06 bits per heavy atom. The lowest BCUT2D eigenvalue weighted by atomic mass is 9.80. The van der Waals surface area contributed by atoms with E-state index in [2.05, 4.69) is 26.1 Å². The molecule has 0 bridgehead atoms. The third-order valence-electron chi connectivity index (χ3n) is 3.54. The molecule has 3 unspecified atom stereocenters. The summed E-state index contributed by atoms with van der Waals surface area (Å²) in [4.78, 5) is 11.5. The Hall–Kier alpha value is -0.570. The Morgan fingerprint density at radius 1 is 1.31 bits per heavy atom. The minimum absolute atomic E-state index is 0.0970. The standard InChI is InChI=1S/C13H25NO2/c1-4-7-14-9-13(15)16-12-6-5-10(2)11(3)8-12/h10-12,14H,4-9H2,1-3H3. The van der Waals surface area contributed by atoms with Gasteiger partial charge in [0, 0.05) is 0 Å². The highest BCUT2D eigenvalue weighted by molar-refractivity contribution is 5.71. The molecule has 3 heteroatoms. The molecule has 0 aromatic carbocycles. The van der Waals surface area contributed by atoms with Crippen LogP contribution in [-0.4, -0.2) is 25.2 Å². The van der Waals surface area contributed by atoms with E-state index < -0.39 is 0 Å². The molecule has 1 N–H and O–H groups in total. The van der Waals surface area contributed by atoms with E-state index in [-0.39, 0.29) is 12.1 Å². The summed E-state index contributed by atoms with van der Waals surface area (Å²) in [5.41, 5.74) is 0. The van der Waals surface area contributed by atoms with Crippen molar-refractivity contribution in [1.29, 1.82) is 0 Å². The van der Waals surface area contributed by atoms with Crippen LogP contribution < -0.4 is 5.32 Å². The van der Waals surface area contributed by atoms with E-state index in [0.29, 0.717) is 12.5 Å². The summed E-state index contributed by atoms with van der Waals surface area (Å²) in [5.74, 6) is 1.35. The maximum absolute atomic E-state index is 11.5. The third kappa shape index (κ3) is 4.52. The minimum atomic E-state index is -0.0970. The summed E-state index contributed by atoms with van der Waals surface area (Å²) < 4.78 is 5.46. The predicted octanol–water partition coefficient (Wildman–Crippen LogP) is 2.35. The second-order valence-electron chi connectivity index (χ2n) is 5.06. The lowest BCUT2D eigenvalue weighted by Crippen LogP contribution is -2.32. The second kappa shape index (κ2) is 6.89. The van der Waals surface area contributed by atoms with Gasteiger partial charge in [-0.25, -0.2) is 0 Å². The summed E-state index contributed by atoms with van der Waals surface area (Å²) in [5, 5.41) is 3.07. The van der Waals surface area contributed by atoms with Gasteiger partial charge in [0.15, 0.2) is 0 Å². The van der Waals surface area contributed by atoms with Gasteiger partial charge in [-0.2, -0.15) is 0 Å². The molecule has 3 atom stereocenters. The largest absolute Gasteiger partial charge is 0.461 e. The van der Waals surface area contributed by atoms with Crippen molar-refractivity contribution in [3.8, 4) is 0 Å². The first-order chi connectivity index (χ1) is 7.63. The summed E-state index contributed by atoms with van der Waals surface area (Å²) >= 11 is 0. The Bertz CT molecular complexity index is 218.